The van der Waals surface area contributed by atoms with Crippen LogP contribution in [0.4, 0.5) is 0 Å². The van der Waals surface area contributed by atoms with Gasteiger partial charge in [0.15, 0.2) is 5.82 Å². The Morgan fingerprint density at radius 2 is 1.72 bits per heavy atom. The number of nitrogens with one attached hydrogen (secondary N) is 1. The molecule has 170 valence electrons. The smallest absolute Gasteiger partial charge is 0.345 e. The minimum absolute atomic E-state index is 0.102. The second-order valence-corrected chi connectivity index (χ2v) is 9.34. The van der Waals surface area contributed by atoms with Gasteiger partial charge in [-0.1, -0.05) is 0 Å². The highest BCUT2D eigenvalue weighted by Gasteiger charge is 2.18. The van der Waals surface area contributed by atoms with Crippen molar-refractivity contribution in [2.45, 2.75) is 11.4 Å². The molecule has 0 saturated carbocycles. The molecule has 0 aliphatic heterocycles. The van der Waals surface area contributed by atoms with E-state index in [4.69, 9.17) is 4.74 Å². The van der Waals surface area contributed by atoms with Gasteiger partial charge in [-0.2, -0.15) is 0 Å². The van der Waals surface area contributed by atoms with E-state index in [0.29, 0.717) is 17.1 Å². The van der Waals surface area contributed by atoms with Crippen LogP contribution in [0.3, 0.4) is 0 Å². The molecule has 3 rings (SSSR count). The van der Waals surface area contributed by atoms with Gasteiger partial charge < -0.3 is 10.1 Å². The first-order valence-electron chi connectivity index (χ1n) is 9.74. The number of carbonyl (C=O) groups is 1. The summed E-state index contributed by atoms with van der Waals surface area (Å²) >= 11 is 0. The van der Waals surface area contributed by atoms with Gasteiger partial charge in [-0.25, -0.2) is 22.2 Å². The number of carbonyl (C=O) groups excluding carboxylic acids is 1. The van der Waals surface area contributed by atoms with Gasteiger partial charge in [0, 0.05) is 38.8 Å². The predicted molar refractivity (Wildman–Crippen MR) is 119 cm³/mol. The molecule has 0 atom stereocenters. The highest BCUT2D eigenvalue weighted by atomic mass is 32.2. The second-order valence-electron chi connectivity index (χ2n) is 7.18. The maximum Gasteiger partial charge on any atom is 0.345 e. The number of nitrogens with zero attached hydrogens (tertiary/aromatic N) is 4. The normalized spacial score (nSPS) is 11.5. The third kappa shape index (κ3) is 4.73. The summed E-state index contributed by atoms with van der Waals surface area (Å²) in [7, 11) is 2.53. The number of sulfonamides is 1. The summed E-state index contributed by atoms with van der Waals surface area (Å²) in [5, 5.41) is 7.08. The molecule has 0 fully saturated rings. The zero-order valence-electron chi connectivity index (χ0n) is 18.3. The SMILES string of the molecule is COc1ccc(-c2nn(CCNC(=O)c3ccc(S(=O)(=O)N(C)C)cc3)c(=O)n2C)cc1. The van der Waals surface area contributed by atoms with E-state index in [9.17, 15) is 18.0 Å². The predicted octanol–water partition coefficient (Wildman–Crippen LogP) is 0.938. The Hall–Kier alpha value is -3.44. The van der Waals surface area contributed by atoms with Crippen molar-refractivity contribution in [3.8, 4) is 17.1 Å². The Morgan fingerprint density at radius 3 is 2.28 bits per heavy atom. The molecule has 0 saturated heterocycles. The largest absolute Gasteiger partial charge is 0.497 e. The van der Waals surface area contributed by atoms with Gasteiger partial charge in [0.25, 0.3) is 5.91 Å². The molecule has 1 heterocycles. The van der Waals surface area contributed by atoms with Gasteiger partial charge in [-0.3, -0.25) is 9.36 Å². The molecule has 0 bridgehead atoms. The van der Waals surface area contributed by atoms with Gasteiger partial charge in [0.05, 0.1) is 18.6 Å². The number of hydrogen-bond donors (Lipinski definition) is 1. The van der Waals surface area contributed by atoms with Gasteiger partial charge in [-0.05, 0) is 48.5 Å². The Kier molecular flexibility index (Phi) is 6.80. The molecule has 0 radical (unpaired) electrons. The Bertz CT molecular complexity index is 1260. The van der Waals surface area contributed by atoms with Crippen molar-refractivity contribution >= 4 is 15.9 Å². The van der Waals surface area contributed by atoms with E-state index >= 15 is 0 Å². The molecule has 1 N–H and O–H groups in total. The first-order chi connectivity index (χ1) is 15.1. The van der Waals surface area contributed by atoms with E-state index in [1.807, 2.05) is 12.1 Å². The third-order valence-corrected chi connectivity index (χ3v) is 6.72. The summed E-state index contributed by atoms with van der Waals surface area (Å²) in [6.07, 6.45) is 0. The van der Waals surface area contributed by atoms with Crippen molar-refractivity contribution in [2.24, 2.45) is 7.05 Å². The van der Waals surface area contributed by atoms with Gasteiger partial charge in [0.2, 0.25) is 10.0 Å². The van der Waals surface area contributed by atoms with Crippen LogP contribution in [0.2, 0.25) is 0 Å². The maximum absolute atomic E-state index is 12.5. The van der Waals surface area contributed by atoms with Crippen LogP contribution in [0.25, 0.3) is 11.4 Å². The van der Waals surface area contributed by atoms with Crippen LogP contribution in [0.1, 0.15) is 10.4 Å². The molecule has 10 nitrogen and oxygen atoms in total. The lowest BCUT2D eigenvalue weighted by Crippen LogP contribution is -2.31. The van der Waals surface area contributed by atoms with Gasteiger partial charge in [-0.15, -0.1) is 5.10 Å². The lowest BCUT2D eigenvalue weighted by Gasteiger charge is -2.11. The maximum atomic E-state index is 12.5. The summed E-state index contributed by atoms with van der Waals surface area (Å²) in [4.78, 5) is 25.0. The lowest BCUT2D eigenvalue weighted by atomic mass is 10.2. The molecule has 1 amide bonds. The number of rotatable bonds is 8. The van der Waals surface area contributed by atoms with Crippen LogP contribution >= 0.6 is 0 Å². The molecule has 11 heteroatoms. The molecule has 0 spiro atoms. The van der Waals surface area contributed by atoms with Crippen molar-refractivity contribution < 1.29 is 17.9 Å². The minimum Gasteiger partial charge on any atom is -0.497 e. The topological polar surface area (TPSA) is 116 Å². The standard InChI is InChI=1S/C21H25N5O5S/c1-24(2)32(29,30)18-11-7-16(8-12-18)20(27)22-13-14-26-21(28)25(3)19(23-26)15-5-9-17(31-4)10-6-15/h5-12H,13-14H2,1-4H3,(H,22,27). The summed E-state index contributed by atoms with van der Waals surface area (Å²) in [6, 6.07) is 12.9. The van der Waals surface area contributed by atoms with E-state index < -0.39 is 10.0 Å². The fraction of sp³-hybridized carbons (Fsp3) is 0.286. The quantitative estimate of drug-likeness (QED) is 0.536. The molecule has 32 heavy (non-hydrogen) atoms. The molecule has 0 unspecified atom stereocenters. The van der Waals surface area contributed by atoms with Gasteiger partial charge >= 0.3 is 5.69 Å². The van der Waals surface area contributed by atoms with Crippen LogP contribution in [-0.2, 0) is 23.6 Å². The van der Waals surface area contributed by atoms with Crippen molar-refractivity contribution in [1.82, 2.24) is 24.0 Å². The fourth-order valence-corrected chi connectivity index (χ4v) is 3.89. The number of aromatic nitrogens is 3. The molecule has 1 aromatic heterocycles. The van der Waals surface area contributed by atoms with Crippen molar-refractivity contribution in [3.63, 3.8) is 0 Å². The number of ether oxygens (including phenoxy) is 1. The average Bonchev–Trinajstić information content (AvgIpc) is 3.07. The Labute approximate surface area is 186 Å². The van der Waals surface area contributed by atoms with E-state index in [-0.39, 0.29) is 29.6 Å². The van der Waals surface area contributed by atoms with E-state index in [1.54, 1.807) is 26.3 Å². The Morgan fingerprint density at radius 1 is 1.09 bits per heavy atom. The van der Waals surface area contributed by atoms with Gasteiger partial charge in [0.1, 0.15) is 5.75 Å². The highest BCUT2D eigenvalue weighted by molar-refractivity contribution is 7.89. The number of methoxy groups -OCH3 is 1. The monoisotopic (exact) mass is 459 g/mol. The molecule has 2 aromatic carbocycles. The minimum atomic E-state index is -3.56. The number of hydrogen-bond acceptors (Lipinski definition) is 6. The van der Waals surface area contributed by atoms with E-state index in [1.165, 1.54) is 47.6 Å². The van der Waals surface area contributed by atoms with Crippen molar-refractivity contribution in [3.05, 3.63) is 64.6 Å². The summed E-state index contributed by atoms with van der Waals surface area (Å²) in [5.41, 5.74) is 0.777. The Balaban J connectivity index is 1.65. The lowest BCUT2D eigenvalue weighted by molar-refractivity contribution is 0.0951. The van der Waals surface area contributed by atoms with Crippen LogP contribution in [-0.4, -0.2) is 60.7 Å². The van der Waals surface area contributed by atoms with E-state index in [0.717, 1.165) is 9.87 Å². The summed E-state index contributed by atoms with van der Waals surface area (Å²) in [6.45, 7) is 0.358. The van der Waals surface area contributed by atoms with E-state index in [2.05, 4.69) is 10.4 Å². The van der Waals surface area contributed by atoms with Crippen molar-refractivity contribution in [1.29, 1.82) is 0 Å². The molecular weight excluding hydrogens is 434 g/mol. The fourth-order valence-electron chi connectivity index (χ4n) is 2.99. The number of benzene rings is 2. The zero-order chi connectivity index (χ0) is 23.5. The molecule has 0 aliphatic carbocycles. The average molecular weight is 460 g/mol. The second kappa shape index (κ2) is 9.37. The molecular formula is C21H25N5O5S. The highest BCUT2D eigenvalue weighted by Crippen LogP contribution is 2.19. The van der Waals surface area contributed by atoms with Crippen LogP contribution < -0.4 is 15.7 Å². The van der Waals surface area contributed by atoms with Crippen LogP contribution in [0, 0.1) is 0 Å². The zero-order valence-corrected chi connectivity index (χ0v) is 19.1. The van der Waals surface area contributed by atoms with Crippen LogP contribution in [0.5, 0.6) is 5.75 Å². The summed E-state index contributed by atoms with van der Waals surface area (Å²) < 4.78 is 33.2. The van der Waals surface area contributed by atoms with Crippen LogP contribution in [0.15, 0.2) is 58.2 Å². The molecule has 0 aliphatic rings. The molecule has 3 aromatic rings. The first kappa shape index (κ1) is 23.2. The third-order valence-electron chi connectivity index (χ3n) is 4.89. The summed E-state index contributed by atoms with van der Waals surface area (Å²) in [5.74, 6) is 0.827. The van der Waals surface area contributed by atoms with Crippen molar-refractivity contribution in [2.75, 3.05) is 27.7 Å². The first-order valence-corrected chi connectivity index (χ1v) is 11.2. The number of amides is 1.